The fourth-order valence-electron chi connectivity index (χ4n) is 3.06. The van der Waals surface area contributed by atoms with Crippen molar-refractivity contribution < 1.29 is 19.0 Å². The molecule has 0 aliphatic carbocycles. The summed E-state index contributed by atoms with van der Waals surface area (Å²) in [7, 11) is 4.77. The van der Waals surface area contributed by atoms with E-state index in [9.17, 15) is 4.79 Å². The van der Waals surface area contributed by atoms with Gasteiger partial charge in [-0.3, -0.25) is 4.79 Å². The highest BCUT2D eigenvalue weighted by Crippen LogP contribution is 2.45. The van der Waals surface area contributed by atoms with E-state index in [1.54, 1.807) is 45.6 Å². The molecule has 2 aromatic rings. The lowest BCUT2D eigenvalue weighted by atomic mass is 10.1. The average molecular weight is 377 g/mol. The van der Waals surface area contributed by atoms with Gasteiger partial charge >= 0.3 is 0 Å². The third-order valence-electron chi connectivity index (χ3n) is 4.31. The topological polar surface area (TPSA) is 65.8 Å². The minimum atomic E-state index is -0.0565. The van der Waals surface area contributed by atoms with Crippen LogP contribution in [0, 0.1) is 0 Å². The van der Waals surface area contributed by atoms with E-state index in [0.29, 0.717) is 29.5 Å². The number of thioether (sulfide) groups is 1. The van der Waals surface area contributed by atoms with E-state index < -0.39 is 0 Å². The molecule has 0 saturated carbocycles. The molecule has 1 aliphatic heterocycles. The number of aryl methyl sites for hydroxylation is 1. The molecule has 8 heteroatoms. The molecule has 1 aromatic carbocycles. The van der Waals surface area contributed by atoms with E-state index in [1.807, 2.05) is 27.8 Å². The largest absolute Gasteiger partial charge is 0.493 e. The SMILES string of the molecule is COc1cc(C2SCC(=O)N2CCCn2ccnc2)cc(OC)c1OC. The van der Waals surface area contributed by atoms with Crippen LogP contribution in [-0.2, 0) is 11.3 Å². The smallest absolute Gasteiger partial charge is 0.233 e. The van der Waals surface area contributed by atoms with Gasteiger partial charge in [-0.05, 0) is 24.1 Å². The molecular weight excluding hydrogens is 354 g/mol. The van der Waals surface area contributed by atoms with Crippen LogP contribution < -0.4 is 14.2 Å². The van der Waals surface area contributed by atoms with Gasteiger partial charge in [0.25, 0.3) is 0 Å². The van der Waals surface area contributed by atoms with Crippen LogP contribution in [0.25, 0.3) is 0 Å². The fourth-order valence-corrected chi connectivity index (χ4v) is 4.26. The van der Waals surface area contributed by atoms with Crippen molar-refractivity contribution in [3.63, 3.8) is 0 Å². The van der Waals surface area contributed by atoms with Crippen molar-refractivity contribution >= 4 is 17.7 Å². The number of hydrogen-bond donors (Lipinski definition) is 0. The average Bonchev–Trinajstić information content (AvgIpc) is 3.31. The van der Waals surface area contributed by atoms with Crippen LogP contribution in [0.1, 0.15) is 17.4 Å². The third kappa shape index (κ3) is 3.75. The number of imidazole rings is 1. The van der Waals surface area contributed by atoms with E-state index >= 15 is 0 Å². The predicted molar refractivity (Wildman–Crippen MR) is 99.9 cm³/mol. The van der Waals surface area contributed by atoms with Gasteiger partial charge in [-0.15, -0.1) is 11.8 Å². The minimum absolute atomic E-state index is 0.0565. The number of rotatable bonds is 8. The molecule has 1 atom stereocenters. The summed E-state index contributed by atoms with van der Waals surface area (Å²) in [5.74, 6) is 2.38. The van der Waals surface area contributed by atoms with Gasteiger partial charge in [0.2, 0.25) is 11.7 Å². The Kier molecular flexibility index (Phi) is 5.92. The van der Waals surface area contributed by atoms with E-state index in [2.05, 4.69) is 4.98 Å². The van der Waals surface area contributed by atoms with E-state index in [4.69, 9.17) is 14.2 Å². The van der Waals surface area contributed by atoms with E-state index in [-0.39, 0.29) is 11.3 Å². The molecule has 1 saturated heterocycles. The van der Waals surface area contributed by atoms with E-state index in [0.717, 1.165) is 18.5 Å². The standard InChI is InChI=1S/C18H23N3O4S/c1-23-14-9-13(10-15(24-2)17(14)25-3)18-21(16(22)11-26-18)7-4-6-20-8-5-19-12-20/h5,8-10,12,18H,4,6-7,11H2,1-3H3. The Balaban J connectivity index is 1.78. The van der Waals surface area contributed by atoms with Crippen LogP contribution in [0.4, 0.5) is 0 Å². The molecule has 1 fully saturated rings. The maximum atomic E-state index is 12.4. The lowest BCUT2D eigenvalue weighted by Gasteiger charge is -2.25. The van der Waals surface area contributed by atoms with Crippen molar-refractivity contribution in [1.82, 2.24) is 14.5 Å². The molecule has 0 spiro atoms. The maximum Gasteiger partial charge on any atom is 0.233 e. The number of nitrogens with zero attached hydrogens (tertiary/aromatic N) is 3. The van der Waals surface area contributed by atoms with E-state index in [1.165, 1.54) is 0 Å². The Bertz CT molecular complexity index is 726. The molecule has 1 amide bonds. The quantitative estimate of drug-likeness (QED) is 0.704. The number of amides is 1. The zero-order chi connectivity index (χ0) is 18.5. The number of benzene rings is 1. The highest BCUT2D eigenvalue weighted by atomic mass is 32.2. The van der Waals surface area contributed by atoms with Crippen LogP contribution in [0.2, 0.25) is 0 Å². The number of carbonyl (C=O) groups excluding carboxylic acids is 1. The molecule has 2 heterocycles. The Labute approximate surface area is 157 Å². The fraction of sp³-hybridized carbons (Fsp3) is 0.444. The summed E-state index contributed by atoms with van der Waals surface area (Å²) in [5.41, 5.74) is 0.970. The summed E-state index contributed by atoms with van der Waals surface area (Å²) in [6.07, 6.45) is 6.34. The van der Waals surface area contributed by atoms with Crippen molar-refractivity contribution in [2.75, 3.05) is 33.6 Å². The molecule has 0 N–H and O–H groups in total. The molecule has 140 valence electrons. The monoisotopic (exact) mass is 377 g/mol. The second-order valence-corrected chi connectivity index (χ2v) is 6.93. The summed E-state index contributed by atoms with van der Waals surface area (Å²) < 4.78 is 18.3. The molecular formula is C18H23N3O4S. The number of methoxy groups -OCH3 is 3. The summed E-state index contributed by atoms with van der Waals surface area (Å²) in [6, 6.07) is 3.83. The first-order valence-corrected chi connectivity index (χ1v) is 9.39. The molecule has 1 aliphatic rings. The summed E-state index contributed by atoms with van der Waals surface area (Å²) >= 11 is 1.62. The first-order valence-electron chi connectivity index (χ1n) is 8.34. The number of hydrogen-bond acceptors (Lipinski definition) is 6. The van der Waals surface area contributed by atoms with Crippen molar-refractivity contribution in [1.29, 1.82) is 0 Å². The summed E-state index contributed by atoms with van der Waals surface area (Å²) in [4.78, 5) is 18.3. The zero-order valence-corrected chi connectivity index (χ0v) is 16.0. The molecule has 7 nitrogen and oxygen atoms in total. The summed E-state index contributed by atoms with van der Waals surface area (Å²) in [6.45, 7) is 1.52. The molecule has 1 aromatic heterocycles. The van der Waals surface area contributed by atoms with Gasteiger partial charge in [0, 0.05) is 25.5 Å². The lowest BCUT2D eigenvalue weighted by Crippen LogP contribution is -2.29. The van der Waals surface area contributed by atoms with Crippen LogP contribution in [0.3, 0.4) is 0 Å². The van der Waals surface area contributed by atoms with Gasteiger partial charge in [0.05, 0.1) is 33.4 Å². The zero-order valence-electron chi connectivity index (χ0n) is 15.2. The molecule has 0 bridgehead atoms. The predicted octanol–water partition coefficient (Wildman–Crippen LogP) is 2.57. The highest BCUT2D eigenvalue weighted by molar-refractivity contribution is 8.00. The second kappa shape index (κ2) is 8.35. The second-order valence-electron chi connectivity index (χ2n) is 5.86. The number of aromatic nitrogens is 2. The van der Waals surface area contributed by atoms with Gasteiger partial charge in [0.15, 0.2) is 11.5 Å². The molecule has 1 unspecified atom stereocenters. The van der Waals surface area contributed by atoms with Crippen molar-refractivity contribution in [2.24, 2.45) is 0 Å². The van der Waals surface area contributed by atoms with Crippen molar-refractivity contribution in [2.45, 2.75) is 18.3 Å². The van der Waals surface area contributed by atoms with Crippen LogP contribution in [0.5, 0.6) is 17.2 Å². The molecule has 3 rings (SSSR count). The first-order chi connectivity index (χ1) is 12.7. The normalized spacial score (nSPS) is 16.8. The molecule has 0 radical (unpaired) electrons. The maximum absolute atomic E-state index is 12.4. The van der Waals surface area contributed by atoms with Crippen LogP contribution >= 0.6 is 11.8 Å². The van der Waals surface area contributed by atoms with Gasteiger partial charge in [-0.2, -0.15) is 0 Å². The lowest BCUT2D eigenvalue weighted by molar-refractivity contribution is -0.128. The molecule has 26 heavy (non-hydrogen) atoms. The Morgan fingerprint density at radius 3 is 2.46 bits per heavy atom. The van der Waals surface area contributed by atoms with Crippen LogP contribution in [0.15, 0.2) is 30.9 Å². The Morgan fingerprint density at radius 2 is 1.88 bits per heavy atom. The van der Waals surface area contributed by atoms with Gasteiger partial charge in [0.1, 0.15) is 5.37 Å². The Morgan fingerprint density at radius 1 is 1.15 bits per heavy atom. The number of ether oxygens (including phenoxy) is 3. The first kappa shape index (κ1) is 18.4. The third-order valence-corrected chi connectivity index (χ3v) is 5.57. The Hall–Kier alpha value is -2.35. The van der Waals surface area contributed by atoms with Gasteiger partial charge in [-0.1, -0.05) is 0 Å². The number of carbonyl (C=O) groups is 1. The van der Waals surface area contributed by atoms with Crippen molar-refractivity contribution in [3.8, 4) is 17.2 Å². The highest BCUT2D eigenvalue weighted by Gasteiger charge is 2.33. The van der Waals surface area contributed by atoms with Gasteiger partial charge < -0.3 is 23.7 Å². The van der Waals surface area contributed by atoms with Crippen LogP contribution in [-0.4, -0.2) is 54.0 Å². The van der Waals surface area contributed by atoms with Crippen molar-refractivity contribution in [3.05, 3.63) is 36.4 Å². The summed E-state index contributed by atoms with van der Waals surface area (Å²) in [5, 5.41) is -0.0565. The van der Waals surface area contributed by atoms with Gasteiger partial charge in [-0.25, -0.2) is 4.98 Å². The minimum Gasteiger partial charge on any atom is -0.493 e.